The minimum absolute atomic E-state index is 0.212. The summed E-state index contributed by atoms with van der Waals surface area (Å²) >= 11 is 0. The van der Waals surface area contributed by atoms with E-state index in [1.165, 1.54) is 12.8 Å². The molecule has 0 unspecified atom stereocenters. The zero-order chi connectivity index (χ0) is 16.8. The molecular formula is C19H19N3O2. The average molecular weight is 321 g/mol. The maximum Gasteiger partial charge on any atom is 0.179 e. The van der Waals surface area contributed by atoms with Crippen molar-refractivity contribution in [3.63, 3.8) is 0 Å². The number of allylic oxidation sites excluding steroid dienone is 1. The van der Waals surface area contributed by atoms with E-state index < -0.39 is 0 Å². The zero-order valence-corrected chi connectivity index (χ0v) is 13.6. The fourth-order valence-electron chi connectivity index (χ4n) is 2.79. The molecule has 1 saturated carbocycles. The number of hydrogen-bond acceptors (Lipinski definition) is 5. The number of nitrogens with zero attached hydrogens (tertiary/aromatic N) is 3. The molecule has 2 heterocycles. The van der Waals surface area contributed by atoms with Crippen molar-refractivity contribution in [3.05, 3.63) is 48.0 Å². The molecule has 2 aromatic heterocycles. The molecule has 0 aliphatic heterocycles. The molecule has 2 aromatic rings. The Balaban J connectivity index is 1.92. The third-order valence-electron chi connectivity index (χ3n) is 4.06. The molecule has 5 nitrogen and oxygen atoms in total. The molecule has 0 saturated heterocycles. The molecular weight excluding hydrogens is 302 g/mol. The molecule has 0 aromatic carbocycles. The first-order valence-electron chi connectivity index (χ1n) is 8.03. The predicted octanol–water partition coefficient (Wildman–Crippen LogP) is 3.87. The van der Waals surface area contributed by atoms with E-state index in [9.17, 15) is 5.26 Å². The Morgan fingerprint density at radius 3 is 2.67 bits per heavy atom. The van der Waals surface area contributed by atoms with Gasteiger partial charge < -0.3 is 9.47 Å². The first kappa shape index (κ1) is 16.0. The van der Waals surface area contributed by atoms with Gasteiger partial charge in [-0.25, -0.2) is 0 Å². The molecule has 1 fully saturated rings. The third-order valence-corrected chi connectivity index (χ3v) is 4.06. The third kappa shape index (κ3) is 3.72. The number of ether oxygens (including phenoxy) is 2. The smallest absolute Gasteiger partial charge is 0.179 e. The summed E-state index contributed by atoms with van der Waals surface area (Å²) in [6.07, 6.45) is 11.5. The number of hydrogen-bond donors (Lipinski definition) is 0. The van der Waals surface area contributed by atoms with Crippen molar-refractivity contribution in [1.29, 1.82) is 5.26 Å². The number of pyridine rings is 2. The number of methoxy groups -OCH3 is 1. The van der Waals surface area contributed by atoms with Gasteiger partial charge in [0.2, 0.25) is 0 Å². The molecule has 122 valence electrons. The predicted molar refractivity (Wildman–Crippen MR) is 91.4 cm³/mol. The van der Waals surface area contributed by atoms with Crippen molar-refractivity contribution in [1.82, 2.24) is 9.97 Å². The van der Waals surface area contributed by atoms with Crippen LogP contribution in [0.1, 0.15) is 36.9 Å². The van der Waals surface area contributed by atoms with Gasteiger partial charge in [0, 0.05) is 18.5 Å². The lowest BCUT2D eigenvalue weighted by Gasteiger charge is -2.16. The second kappa shape index (κ2) is 7.60. The van der Waals surface area contributed by atoms with Gasteiger partial charge in [-0.1, -0.05) is 0 Å². The highest BCUT2D eigenvalue weighted by atomic mass is 16.5. The van der Waals surface area contributed by atoms with E-state index in [-0.39, 0.29) is 6.10 Å². The molecule has 1 aliphatic carbocycles. The van der Waals surface area contributed by atoms with Gasteiger partial charge >= 0.3 is 0 Å². The normalized spacial score (nSPS) is 15.1. The first-order valence-corrected chi connectivity index (χ1v) is 8.03. The molecule has 0 bridgehead atoms. The zero-order valence-electron chi connectivity index (χ0n) is 13.6. The quantitative estimate of drug-likeness (QED) is 0.782. The van der Waals surface area contributed by atoms with Gasteiger partial charge in [-0.05, 0) is 49.5 Å². The van der Waals surface area contributed by atoms with Crippen molar-refractivity contribution in [2.24, 2.45) is 0 Å². The molecule has 0 radical (unpaired) electrons. The van der Waals surface area contributed by atoms with Crippen molar-refractivity contribution >= 4 is 11.6 Å². The summed E-state index contributed by atoms with van der Waals surface area (Å²) in [5.41, 5.74) is 1.95. The van der Waals surface area contributed by atoms with Crippen molar-refractivity contribution in [2.45, 2.75) is 31.8 Å². The van der Waals surface area contributed by atoms with Crippen LogP contribution < -0.4 is 9.47 Å². The lowest BCUT2D eigenvalue weighted by atomic mass is 10.1. The Bertz CT molecular complexity index is 760. The summed E-state index contributed by atoms with van der Waals surface area (Å²) in [5, 5.41) is 9.50. The van der Waals surface area contributed by atoms with Crippen LogP contribution in [-0.4, -0.2) is 23.2 Å². The number of aromatic nitrogens is 2. The van der Waals surface area contributed by atoms with E-state index in [0.29, 0.717) is 22.8 Å². The lowest BCUT2D eigenvalue weighted by Crippen LogP contribution is -2.12. The standard InChI is InChI=1S/C19H19N3O2/c1-23-19-13-22-17(11-18(19)24-16-4-2-3-5-16)15(12-20)10-14-6-8-21-9-7-14/h6-11,13,16H,2-5H2,1H3/b15-10+. The van der Waals surface area contributed by atoms with Crippen molar-refractivity contribution in [2.75, 3.05) is 7.11 Å². The highest BCUT2D eigenvalue weighted by molar-refractivity contribution is 5.88. The molecule has 0 atom stereocenters. The molecule has 24 heavy (non-hydrogen) atoms. The minimum atomic E-state index is 0.212. The van der Waals surface area contributed by atoms with Crippen LogP contribution in [0.3, 0.4) is 0 Å². The SMILES string of the molecule is COc1cnc(/C(C#N)=C/c2ccncc2)cc1OC1CCCC1. The van der Waals surface area contributed by atoms with Crippen LogP contribution in [0.2, 0.25) is 0 Å². The van der Waals surface area contributed by atoms with Crippen LogP contribution in [0.25, 0.3) is 11.6 Å². The van der Waals surface area contributed by atoms with Gasteiger partial charge in [0.15, 0.2) is 11.5 Å². The summed E-state index contributed by atoms with van der Waals surface area (Å²) in [5.74, 6) is 1.23. The molecule has 0 N–H and O–H groups in total. The Labute approximate surface area is 141 Å². The largest absolute Gasteiger partial charge is 0.491 e. The summed E-state index contributed by atoms with van der Waals surface area (Å²) in [7, 11) is 1.59. The van der Waals surface area contributed by atoms with Gasteiger partial charge in [-0.15, -0.1) is 0 Å². The van der Waals surface area contributed by atoms with E-state index in [4.69, 9.17) is 9.47 Å². The Morgan fingerprint density at radius 1 is 1.25 bits per heavy atom. The highest BCUT2D eigenvalue weighted by Gasteiger charge is 2.19. The molecule has 5 heteroatoms. The lowest BCUT2D eigenvalue weighted by molar-refractivity contribution is 0.200. The summed E-state index contributed by atoms with van der Waals surface area (Å²) in [6.45, 7) is 0. The van der Waals surface area contributed by atoms with Crippen molar-refractivity contribution in [3.8, 4) is 17.6 Å². The second-order valence-electron chi connectivity index (χ2n) is 5.70. The van der Waals surface area contributed by atoms with Gasteiger partial charge in [-0.3, -0.25) is 9.97 Å². The topological polar surface area (TPSA) is 68.0 Å². The van der Waals surface area contributed by atoms with Gasteiger partial charge in [0.05, 0.1) is 30.7 Å². The van der Waals surface area contributed by atoms with E-state index >= 15 is 0 Å². The highest BCUT2D eigenvalue weighted by Crippen LogP contribution is 2.33. The Kier molecular flexibility index (Phi) is 5.07. The number of rotatable bonds is 5. The summed E-state index contributed by atoms with van der Waals surface area (Å²) < 4.78 is 11.4. The fraction of sp³-hybridized carbons (Fsp3) is 0.316. The fourth-order valence-corrected chi connectivity index (χ4v) is 2.79. The number of nitriles is 1. The minimum Gasteiger partial charge on any atom is -0.491 e. The first-order chi connectivity index (χ1) is 11.8. The average Bonchev–Trinajstić information content (AvgIpc) is 3.13. The second-order valence-corrected chi connectivity index (χ2v) is 5.70. The maximum atomic E-state index is 9.50. The van der Waals surface area contributed by atoms with Gasteiger partial charge in [-0.2, -0.15) is 5.26 Å². The van der Waals surface area contributed by atoms with Crippen LogP contribution >= 0.6 is 0 Å². The van der Waals surface area contributed by atoms with E-state index in [1.54, 1.807) is 37.8 Å². The van der Waals surface area contributed by atoms with Crippen molar-refractivity contribution < 1.29 is 9.47 Å². The van der Waals surface area contributed by atoms with Crippen LogP contribution in [0.4, 0.5) is 0 Å². The summed E-state index contributed by atoms with van der Waals surface area (Å²) in [4.78, 5) is 8.32. The molecule has 0 amide bonds. The molecule has 1 aliphatic rings. The summed E-state index contributed by atoms with van der Waals surface area (Å²) in [6, 6.07) is 7.68. The van der Waals surface area contributed by atoms with Crippen LogP contribution in [0.15, 0.2) is 36.8 Å². The van der Waals surface area contributed by atoms with E-state index in [1.807, 2.05) is 12.1 Å². The maximum absolute atomic E-state index is 9.50. The monoisotopic (exact) mass is 321 g/mol. The Morgan fingerprint density at radius 2 is 2.00 bits per heavy atom. The van der Waals surface area contributed by atoms with Gasteiger partial charge in [0.25, 0.3) is 0 Å². The van der Waals surface area contributed by atoms with Crippen LogP contribution in [0, 0.1) is 11.3 Å². The van der Waals surface area contributed by atoms with Crippen LogP contribution in [-0.2, 0) is 0 Å². The molecule has 0 spiro atoms. The Hall–Kier alpha value is -2.87. The van der Waals surface area contributed by atoms with Crippen LogP contribution in [0.5, 0.6) is 11.5 Å². The van der Waals surface area contributed by atoms with E-state index in [2.05, 4.69) is 16.0 Å². The van der Waals surface area contributed by atoms with Gasteiger partial charge in [0.1, 0.15) is 6.07 Å². The van der Waals surface area contributed by atoms with E-state index in [0.717, 1.165) is 18.4 Å². The molecule has 3 rings (SSSR count).